The van der Waals surface area contributed by atoms with E-state index in [4.69, 9.17) is 5.73 Å². The van der Waals surface area contributed by atoms with Gasteiger partial charge in [-0.25, -0.2) is 0 Å². The Balaban J connectivity index is 2.20. The van der Waals surface area contributed by atoms with Crippen molar-refractivity contribution in [2.75, 3.05) is 0 Å². The number of benzene rings is 1. The standard InChI is InChI=1S/C13H11N/c14-11-3-1-2-9-4-5-10-8-13(10)12(9)7-6-11/h1-7H,8,14H2/b2-1-,3-1?,7-6-,9-2?,11-3+,11-6?,12-7?. The molecule has 0 saturated heterocycles. The summed E-state index contributed by atoms with van der Waals surface area (Å²) in [5, 5.41) is 0. The first-order valence-corrected chi connectivity index (χ1v) is 4.81. The maximum atomic E-state index is 5.75. The summed E-state index contributed by atoms with van der Waals surface area (Å²) in [6.45, 7) is 0. The van der Waals surface area contributed by atoms with Crippen LogP contribution in [-0.2, 0) is 6.42 Å². The summed E-state index contributed by atoms with van der Waals surface area (Å²) in [6, 6.07) is 4.39. The summed E-state index contributed by atoms with van der Waals surface area (Å²) >= 11 is 0. The number of rotatable bonds is 0. The van der Waals surface area contributed by atoms with E-state index < -0.39 is 0 Å². The monoisotopic (exact) mass is 181 g/mol. The second-order valence-corrected chi connectivity index (χ2v) is 3.74. The van der Waals surface area contributed by atoms with Gasteiger partial charge in [0.05, 0.1) is 0 Å². The number of hydrogen-bond acceptors (Lipinski definition) is 1. The highest BCUT2D eigenvalue weighted by Gasteiger charge is 2.21. The van der Waals surface area contributed by atoms with Crippen molar-refractivity contribution in [2.24, 2.45) is 5.73 Å². The quantitative estimate of drug-likeness (QED) is 0.663. The van der Waals surface area contributed by atoms with Crippen LogP contribution in [0.5, 0.6) is 0 Å². The molecule has 0 saturated carbocycles. The van der Waals surface area contributed by atoms with Gasteiger partial charge in [-0.1, -0.05) is 30.4 Å². The van der Waals surface area contributed by atoms with Crippen molar-refractivity contribution in [3.8, 4) is 0 Å². The van der Waals surface area contributed by atoms with E-state index >= 15 is 0 Å². The molecule has 2 aliphatic carbocycles. The molecule has 0 radical (unpaired) electrons. The van der Waals surface area contributed by atoms with Gasteiger partial charge in [0.2, 0.25) is 0 Å². The van der Waals surface area contributed by atoms with Gasteiger partial charge in [-0.3, -0.25) is 0 Å². The molecule has 0 amide bonds. The van der Waals surface area contributed by atoms with Crippen LogP contribution in [0.3, 0.4) is 0 Å². The molecule has 3 rings (SSSR count). The molecule has 1 heteroatoms. The van der Waals surface area contributed by atoms with E-state index in [1.54, 1.807) is 0 Å². The molecule has 0 fully saturated rings. The van der Waals surface area contributed by atoms with E-state index in [1.165, 1.54) is 22.3 Å². The summed E-state index contributed by atoms with van der Waals surface area (Å²) in [7, 11) is 0. The zero-order valence-electron chi connectivity index (χ0n) is 7.83. The van der Waals surface area contributed by atoms with Crippen LogP contribution >= 0.6 is 0 Å². The minimum absolute atomic E-state index is 0.810. The summed E-state index contributed by atoms with van der Waals surface area (Å²) < 4.78 is 0. The second kappa shape index (κ2) is 2.61. The van der Waals surface area contributed by atoms with Crippen molar-refractivity contribution in [3.05, 3.63) is 58.3 Å². The third kappa shape index (κ3) is 1.10. The zero-order chi connectivity index (χ0) is 9.54. The van der Waals surface area contributed by atoms with E-state index in [9.17, 15) is 0 Å². The van der Waals surface area contributed by atoms with Gasteiger partial charge in [0, 0.05) is 5.70 Å². The molecule has 1 aromatic carbocycles. The van der Waals surface area contributed by atoms with Crippen LogP contribution in [0.25, 0.3) is 12.2 Å². The van der Waals surface area contributed by atoms with Crippen molar-refractivity contribution in [1.82, 2.24) is 0 Å². The van der Waals surface area contributed by atoms with Gasteiger partial charge in [-0.15, -0.1) is 0 Å². The molecule has 0 heterocycles. The third-order valence-corrected chi connectivity index (χ3v) is 2.74. The first-order valence-electron chi connectivity index (χ1n) is 4.81. The molecular formula is C13H11N. The summed E-state index contributed by atoms with van der Waals surface area (Å²) in [5.41, 5.74) is 12.2. The Morgan fingerprint density at radius 2 is 2.00 bits per heavy atom. The molecule has 0 atom stereocenters. The maximum absolute atomic E-state index is 5.75. The molecule has 2 N–H and O–H groups in total. The van der Waals surface area contributed by atoms with Crippen molar-refractivity contribution >= 4 is 12.2 Å². The number of hydrogen-bond donors (Lipinski definition) is 1. The molecular weight excluding hydrogens is 170 g/mol. The molecule has 68 valence electrons. The Kier molecular flexibility index (Phi) is 1.42. The van der Waals surface area contributed by atoms with Gasteiger partial charge in [-0.2, -0.15) is 0 Å². The largest absolute Gasteiger partial charge is 0.399 e. The molecule has 0 bridgehead atoms. The van der Waals surface area contributed by atoms with Crippen LogP contribution in [0.4, 0.5) is 0 Å². The minimum Gasteiger partial charge on any atom is -0.399 e. The Labute approximate surface area is 83.2 Å². The number of allylic oxidation sites excluding steroid dienone is 3. The molecule has 1 aromatic rings. The van der Waals surface area contributed by atoms with Crippen LogP contribution < -0.4 is 5.73 Å². The van der Waals surface area contributed by atoms with Crippen LogP contribution in [0.1, 0.15) is 22.3 Å². The van der Waals surface area contributed by atoms with Crippen LogP contribution in [0, 0.1) is 0 Å². The predicted molar refractivity (Wildman–Crippen MR) is 59.6 cm³/mol. The fourth-order valence-electron chi connectivity index (χ4n) is 1.87. The molecule has 0 spiro atoms. The highest BCUT2D eigenvalue weighted by molar-refractivity contribution is 5.75. The molecule has 1 nitrogen and oxygen atoms in total. The summed E-state index contributed by atoms with van der Waals surface area (Å²) in [6.07, 6.45) is 11.3. The number of nitrogens with two attached hydrogens (primary N) is 1. The van der Waals surface area contributed by atoms with Gasteiger partial charge in [0.1, 0.15) is 0 Å². The van der Waals surface area contributed by atoms with Crippen molar-refractivity contribution in [2.45, 2.75) is 6.42 Å². The first kappa shape index (κ1) is 7.63. The van der Waals surface area contributed by atoms with Gasteiger partial charge in [0.25, 0.3) is 0 Å². The lowest BCUT2D eigenvalue weighted by Gasteiger charge is -2.02. The lowest BCUT2D eigenvalue weighted by Crippen LogP contribution is -1.93. The summed E-state index contributed by atoms with van der Waals surface area (Å²) in [4.78, 5) is 0. The van der Waals surface area contributed by atoms with Gasteiger partial charge in [0.15, 0.2) is 0 Å². The lowest BCUT2D eigenvalue weighted by molar-refractivity contribution is 1.43. The van der Waals surface area contributed by atoms with Crippen molar-refractivity contribution < 1.29 is 0 Å². The Hall–Kier alpha value is -1.76. The Morgan fingerprint density at radius 1 is 1.07 bits per heavy atom. The maximum Gasteiger partial charge on any atom is 0.0314 e. The van der Waals surface area contributed by atoms with Gasteiger partial charge in [-0.05, 0) is 40.8 Å². The number of fused-ring (bicyclic) bond motifs is 3. The molecule has 0 aromatic heterocycles. The predicted octanol–water partition coefficient (Wildman–Crippen LogP) is 2.47. The van der Waals surface area contributed by atoms with Crippen LogP contribution in [0.15, 0.2) is 36.1 Å². The normalized spacial score (nSPS) is 24.7. The Bertz CT molecular complexity index is 490. The highest BCUT2D eigenvalue weighted by atomic mass is 14.5. The SMILES string of the molecule is NC1=C/C=C\c2ccc3c(c2/C=C\1)C3. The van der Waals surface area contributed by atoms with E-state index in [1.807, 2.05) is 18.2 Å². The zero-order valence-corrected chi connectivity index (χ0v) is 7.83. The smallest absolute Gasteiger partial charge is 0.0314 e. The highest BCUT2D eigenvalue weighted by Crippen LogP contribution is 2.35. The third-order valence-electron chi connectivity index (χ3n) is 2.74. The molecule has 0 aliphatic heterocycles. The average Bonchev–Trinajstić information content (AvgIpc) is 2.90. The van der Waals surface area contributed by atoms with E-state index in [2.05, 4.69) is 24.3 Å². The minimum atomic E-state index is 0.810. The lowest BCUT2D eigenvalue weighted by atomic mass is 10.0. The molecule has 14 heavy (non-hydrogen) atoms. The topological polar surface area (TPSA) is 26.0 Å². The van der Waals surface area contributed by atoms with Gasteiger partial charge >= 0.3 is 0 Å². The van der Waals surface area contributed by atoms with E-state index in [0.29, 0.717) is 0 Å². The Morgan fingerprint density at radius 3 is 2.93 bits per heavy atom. The fourth-order valence-corrected chi connectivity index (χ4v) is 1.87. The van der Waals surface area contributed by atoms with Crippen LogP contribution in [0.2, 0.25) is 0 Å². The van der Waals surface area contributed by atoms with Gasteiger partial charge < -0.3 is 5.73 Å². The van der Waals surface area contributed by atoms with Crippen LogP contribution in [-0.4, -0.2) is 0 Å². The molecule has 2 aliphatic rings. The molecule has 0 unspecified atom stereocenters. The van der Waals surface area contributed by atoms with E-state index in [-0.39, 0.29) is 0 Å². The van der Waals surface area contributed by atoms with Crippen molar-refractivity contribution in [1.29, 1.82) is 0 Å². The second-order valence-electron chi connectivity index (χ2n) is 3.74. The van der Waals surface area contributed by atoms with Crippen molar-refractivity contribution in [3.63, 3.8) is 0 Å². The average molecular weight is 181 g/mol. The first-order chi connectivity index (χ1) is 6.84. The fraction of sp³-hybridized carbons (Fsp3) is 0.0769. The van der Waals surface area contributed by atoms with E-state index in [0.717, 1.165) is 12.1 Å². The summed E-state index contributed by atoms with van der Waals surface area (Å²) in [5.74, 6) is 0.